The fourth-order valence-corrected chi connectivity index (χ4v) is 2.48. The van der Waals surface area contributed by atoms with E-state index in [2.05, 4.69) is 20.6 Å². The highest BCUT2D eigenvalue weighted by Gasteiger charge is 2.15. The molecule has 0 radical (unpaired) electrons. The lowest BCUT2D eigenvalue weighted by molar-refractivity contribution is 0.0950. The summed E-state index contributed by atoms with van der Waals surface area (Å²) in [5.74, 6) is -0.434. The first-order valence-electron chi connectivity index (χ1n) is 7.71. The number of nitrogens with zero attached hydrogens (tertiary/aromatic N) is 3. The summed E-state index contributed by atoms with van der Waals surface area (Å²) >= 11 is 0. The molecule has 0 saturated carbocycles. The number of aromatic amines is 1. The van der Waals surface area contributed by atoms with Gasteiger partial charge in [0.1, 0.15) is 5.69 Å². The van der Waals surface area contributed by atoms with E-state index in [1.165, 1.54) is 10.9 Å². The topological polar surface area (TPSA) is 92.1 Å². The molecule has 25 heavy (non-hydrogen) atoms. The number of nitrogens with one attached hydrogen (secondary N) is 2. The second kappa shape index (κ2) is 6.96. The molecule has 0 unspecified atom stereocenters. The molecule has 7 nitrogen and oxygen atoms in total. The third-order valence-corrected chi connectivity index (χ3v) is 3.67. The molecule has 1 amide bonds. The minimum atomic E-state index is -0.434. The van der Waals surface area contributed by atoms with Crippen LogP contribution < -0.4 is 11.0 Å². The van der Waals surface area contributed by atoms with Crippen molar-refractivity contribution in [2.45, 2.75) is 13.8 Å². The first-order chi connectivity index (χ1) is 12.1. The Hall–Kier alpha value is -3.48. The molecule has 0 saturated heterocycles. The van der Waals surface area contributed by atoms with Crippen molar-refractivity contribution in [1.29, 1.82) is 0 Å². The van der Waals surface area contributed by atoms with E-state index in [4.69, 9.17) is 0 Å². The van der Waals surface area contributed by atoms with Crippen molar-refractivity contribution in [3.05, 3.63) is 82.0 Å². The largest absolute Gasteiger partial charge is 0.295 e. The third-order valence-electron chi connectivity index (χ3n) is 3.67. The van der Waals surface area contributed by atoms with Gasteiger partial charge in [0.15, 0.2) is 0 Å². The molecule has 7 heteroatoms. The fraction of sp³-hybridized carbons (Fsp3) is 0.111. The maximum Gasteiger partial charge on any atom is 0.289 e. The predicted molar refractivity (Wildman–Crippen MR) is 95.0 cm³/mol. The lowest BCUT2D eigenvalue weighted by Crippen LogP contribution is -2.23. The highest BCUT2D eigenvalue weighted by molar-refractivity contribution is 6.01. The van der Waals surface area contributed by atoms with Gasteiger partial charge in [-0.3, -0.25) is 19.7 Å². The van der Waals surface area contributed by atoms with Crippen LogP contribution in [0.1, 0.15) is 28.7 Å². The van der Waals surface area contributed by atoms with Crippen molar-refractivity contribution in [3.8, 4) is 5.69 Å². The van der Waals surface area contributed by atoms with E-state index in [-0.39, 0.29) is 11.3 Å². The van der Waals surface area contributed by atoms with Gasteiger partial charge in [0.2, 0.25) is 0 Å². The summed E-state index contributed by atoms with van der Waals surface area (Å²) in [6.07, 6.45) is 1.53. The van der Waals surface area contributed by atoms with E-state index in [9.17, 15) is 9.59 Å². The number of aromatic nitrogens is 3. The number of pyridine rings is 1. The Kier molecular flexibility index (Phi) is 4.56. The summed E-state index contributed by atoms with van der Waals surface area (Å²) in [4.78, 5) is 28.6. The number of amides is 1. The number of benzene rings is 1. The van der Waals surface area contributed by atoms with Crippen LogP contribution in [-0.4, -0.2) is 26.4 Å². The standard InChI is InChI=1S/C18H17N5O2/c1-12(20-21-17(24)15-10-6-7-11-19-15)16-13(2)22-23(18(16)25)14-8-4-3-5-9-14/h3-11,22H,1-2H3,(H,21,24)/b20-12-. The van der Waals surface area contributed by atoms with Crippen molar-refractivity contribution in [3.63, 3.8) is 0 Å². The second-order valence-corrected chi connectivity index (χ2v) is 5.44. The van der Waals surface area contributed by atoms with Crippen LogP contribution >= 0.6 is 0 Å². The fourth-order valence-electron chi connectivity index (χ4n) is 2.48. The lowest BCUT2D eigenvalue weighted by atomic mass is 10.2. The van der Waals surface area contributed by atoms with E-state index in [0.29, 0.717) is 17.0 Å². The van der Waals surface area contributed by atoms with E-state index in [1.807, 2.05) is 30.3 Å². The zero-order valence-corrected chi connectivity index (χ0v) is 13.9. The Morgan fingerprint density at radius 3 is 2.56 bits per heavy atom. The Balaban J connectivity index is 1.88. The molecule has 0 aliphatic carbocycles. The highest BCUT2D eigenvalue weighted by atomic mass is 16.2. The number of carbonyl (C=O) groups excluding carboxylic acids is 1. The molecule has 3 rings (SSSR count). The summed E-state index contributed by atoms with van der Waals surface area (Å²) < 4.78 is 1.45. The third kappa shape index (κ3) is 3.40. The zero-order chi connectivity index (χ0) is 17.8. The van der Waals surface area contributed by atoms with Gasteiger partial charge in [-0.05, 0) is 38.1 Å². The average molecular weight is 335 g/mol. The van der Waals surface area contributed by atoms with Crippen LogP contribution in [0.3, 0.4) is 0 Å². The molecular formula is C18H17N5O2. The van der Waals surface area contributed by atoms with Crippen LogP contribution in [0, 0.1) is 6.92 Å². The number of hydrazone groups is 1. The Bertz CT molecular complexity index is 972. The minimum absolute atomic E-state index is 0.225. The molecule has 2 heterocycles. The Morgan fingerprint density at radius 1 is 1.16 bits per heavy atom. The minimum Gasteiger partial charge on any atom is -0.295 e. The molecular weight excluding hydrogens is 318 g/mol. The van der Waals surface area contributed by atoms with Gasteiger partial charge in [0.05, 0.1) is 17.0 Å². The highest BCUT2D eigenvalue weighted by Crippen LogP contribution is 2.07. The quantitative estimate of drug-likeness (QED) is 0.564. The number of hydrogen-bond acceptors (Lipinski definition) is 4. The van der Waals surface area contributed by atoms with Crippen molar-refractivity contribution in [2.75, 3.05) is 0 Å². The Labute approximate surface area is 144 Å². The summed E-state index contributed by atoms with van der Waals surface area (Å²) in [6, 6.07) is 14.3. The zero-order valence-electron chi connectivity index (χ0n) is 13.9. The molecule has 1 aromatic carbocycles. The van der Waals surface area contributed by atoms with Crippen molar-refractivity contribution >= 4 is 11.6 Å². The van der Waals surface area contributed by atoms with Crippen molar-refractivity contribution < 1.29 is 4.79 Å². The van der Waals surface area contributed by atoms with Crippen LogP contribution in [0.5, 0.6) is 0 Å². The summed E-state index contributed by atoms with van der Waals surface area (Å²) in [7, 11) is 0. The molecule has 3 aromatic rings. The van der Waals surface area contributed by atoms with Gasteiger partial charge in [-0.25, -0.2) is 10.1 Å². The van der Waals surface area contributed by atoms with E-state index in [0.717, 1.165) is 5.69 Å². The van der Waals surface area contributed by atoms with Gasteiger partial charge < -0.3 is 0 Å². The maximum atomic E-state index is 12.7. The predicted octanol–water partition coefficient (Wildman–Crippen LogP) is 2.02. The second-order valence-electron chi connectivity index (χ2n) is 5.44. The van der Waals surface area contributed by atoms with Crippen LogP contribution in [0.25, 0.3) is 5.69 Å². The van der Waals surface area contributed by atoms with Crippen molar-refractivity contribution in [1.82, 2.24) is 20.2 Å². The van der Waals surface area contributed by atoms with Gasteiger partial charge in [-0.15, -0.1) is 0 Å². The van der Waals surface area contributed by atoms with E-state index < -0.39 is 5.91 Å². The van der Waals surface area contributed by atoms with Gasteiger partial charge in [-0.2, -0.15) is 5.10 Å². The van der Waals surface area contributed by atoms with Crippen LogP contribution in [0.15, 0.2) is 64.6 Å². The normalized spacial score (nSPS) is 11.4. The molecule has 2 N–H and O–H groups in total. The molecule has 0 bridgehead atoms. The monoisotopic (exact) mass is 335 g/mol. The van der Waals surface area contributed by atoms with Crippen LogP contribution in [0.4, 0.5) is 0 Å². The van der Waals surface area contributed by atoms with E-state index in [1.54, 1.807) is 32.0 Å². The molecule has 0 spiro atoms. The first kappa shape index (κ1) is 16.4. The maximum absolute atomic E-state index is 12.7. The number of hydrogen-bond donors (Lipinski definition) is 2. The number of H-pyrrole nitrogens is 1. The van der Waals surface area contributed by atoms with Gasteiger partial charge in [0.25, 0.3) is 11.5 Å². The molecule has 0 atom stereocenters. The van der Waals surface area contributed by atoms with Gasteiger partial charge in [0, 0.05) is 11.9 Å². The summed E-state index contributed by atoms with van der Waals surface area (Å²) in [5.41, 5.74) is 4.69. The summed E-state index contributed by atoms with van der Waals surface area (Å²) in [5, 5.41) is 7.07. The Morgan fingerprint density at radius 2 is 1.88 bits per heavy atom. The molecule has 126 valence electrons. The number of para-hydroxylation sites is 1. The molecule has 0 aliphatic heterocycles. The van der Waals surface area contributed by atoms with Gasteiger partial charge in [-0.1, -0.05) is 24.3 Å². The summed E-state index contributed by atoms with van der Waals surface area (Å²) in [6.45, 7) is 3.46. The van der Waals surface area contributed by atoms with Crippen LogP contribution in [0.2, 0.25) is 0 Å². The smallest absolute Gasteiger partial charge is 0.289 e. The molecule has 0 fully saturated rings. The van der Waals surface area contributed by atoms with Crippen LogP contribution in [-0.2, 0) is 0 Å². The number of rotatable bonds is 4. The SMILES string of the molecule is C/C(=N/NC(=O)c1ccccn1)c1c(C)[nH]n(-c2ccccc2)c1=O. The van der Waals surface area contributed by atoms with E-state index >= 15 is 0 Å². The lowest BCUT2D eigenvalue weighted by Gasteiger charge is -2.01. The number of carbonyl (C=O) groups is 1. The molecule has 2 aromatic heterocycles. The van der Waals surface area contributed by atoms with Gasteiger partial charge >= 0.3 is 0 Å². The average Bonchev–Trinajstić information content (AvgIpc) is 2.95. The van der Waals surface area contributed by atoms with Crippen molar-refractivity contribution in [2.24, 2.45) is 5.10 Å². The molecule has 0 aliphatic rings. The number of aryl methyl sites for hydroxylation is 1. The first-order valence-corrected chi connectivity index (χ1v) is 7.71.